The third kappa shape index (κ3) is 6.86. The van der Waals surface area contributed by atoms with Crippen LogP contribution in [0.5, 0.6) is 11.5 Å². The number of unbranched alkanes of at least 4 members (excludes halogenated alkanes) is 5. The quantitative estimate of drug-likeness (QED) is 0.189. The highest BCUT2D eigenvalue weighted by molar-refractivity contribution is 8.27. The summed E-state index contributed by atoms with van der Waals surface area (Å²) in [6, 6.07) is 10.4. The fourth-order valence-corrected chi connectivity index (χ4v) is 5.08. The van der Waals surface area contributed by atoms with E-state index in [4.69, 9.17) is 21.7 Å². The van der Waals surface area contributed by atoms with Crippen LogP contribution in [0.25, 0.3) is 6.08 Å². The van der Waals surface area contributed by atoms with Crippen molar-refractivity contribution in [3.05, 3.63) is 58.0 Å². The summed E-state index contributed by atoms with van der Waals surface area (Å²) in [6.45, 7) is 4.56. The number of nitrogens with zero attached hydrogens (tertiary/aromatic N) is 1. The first kappa shape index (κ1) is 26.8. The summed E-state index contributed by atoms with van der Waals surface area (Å²) in [7, 11) is 1.59. The van der Waals surface area contributed by atoms with Gasteiger partial charge in [0.25, 0.3) is 5.91 Å². The normalized spacial score (nSPS) is 14.6. The lowest BCUT2D eigenvalue weighted by molar-refractivity contribution is -0.113. The Kier molecular flexibility index (Phi) is 9.74. The van der Waals surface area contributed by atoms with Crippen LogP contribution in [-0.2, 0) is 4.79 Å². The minimum Gasteiger partial charge on any atom is -0.493 e. The summed E-state index contributed by atoms with van der Waals surface area (Å²) in [5, 5.41) is 9.42. The molecule has 0 radical (unpaired) electrons. The highest BCUT2D eigenvalue weighted by Gasteiger charge is 2.33. The minimum atomic E-state index is -1.05. The van der Waals surface area contributed by atoms with E-state index in [0.29, 0.717) is 38.6 Å². The molecule has 2 aromatic carbocycles. The molecule has 35 heavy (non-hydrogen) atoms. The summed E-state index contributed by atoms with van der Waals surface area (Å²) >= 11 is 6.61. The van der Waals surface area contributed by atoms with Crippen molar-refractivity contribution in [3.63, 3.8) is 0 Å². The van der Waals surface area contributed by atoms with E-state index in [1.807, 2.05) is 18.2 Å². The molecule has 0 saturated carbocycles. The van der Waals surface area contributed by atoms with Crippen LogP contribution in [0.4, 0.5) is 5.69 Å². The number of thioether (sulfide) groups is 1. The fourth-order valence-electron chi connectivity index (χ4n) is 3.78. The van der Waals surface area contributed by atoms with Crippen molar-refractivity contribution in [1.29, 1.82) is 0 Å². The number of carbonyl (C=O) groups is 2. The van der Waals surface area contributed by atoms with E-state index in [1.165, 1.54) is 48.4 Å². The second kappa shape index (κ2) is 12.7. The van der Waals surface area contributed by atoms with Gasteiger partial charge in [0.2, 0.25) is 0 Å². The number of anilines is 1. The molecule has 8 heteroatoms. The molecule has 0 aliphatic carbocycles. The monoisotopic (exact) mass is 513 g/mol. The van der Waals surface area contributed by atoms with Gasteiger partial charge in [-0.1, -0.05) is 75.1 Å². The van der Waals surface area contributed by atoms with E-state index < -0.39 is 5.97 Å². The van der Waals surface area contributed by atoms with Gasteiger partial charge >= 0.3 is 5.97 Å². The number of benzene rings is 2. The van der Waals surface area contributed by atoms with Crippen LogP contribution < -0.4 is 14.4 Å². The Bertz CT molecular complexity index is 1130. The molecule has 2 aromatic rings. The van der Waals surface area contributed by atoms with Gasteiger partial charge in [0.05, 0.1) is 29.9 Å². The number of hydrogen-bond donors (Lipinski definition) is 1. The largest absolute Gasteiger partial charge is 0.493 e. The molecular weight excluding hydrogens is 482 g/mol. The number of methoxy groups -OCH3 is 1. The lowest BCUT2D eigenvalue weighted by Crippen LogP contribution is -2.27. The summed E-state index contributed by atoms with van der Waals surface area (Å²) in [5.74, 6) is -0.0600. The van der Waals surface area contributed by atoms with Crippen LogP contribution in [0.3, 0.4) is 0 Å². The average Bonchev–Trinajstić information content (AvgIpc) is 3.11. The molecule has 0 bridgehead atoms. The van der Waals surface area contributed by atoms with Gasteiger partial charge in [0, 0.05) is 0 Å². The molecule has 1 N–H and O–H groups in total. The first-order valence-electron chi connectivity index (χ1n) is 11.8. The Morgan fingerprint density at radius 2 is 1.83 bits per heavy atom. The number of aromatic carboxylic acids is 1. The highest BCUT2D eigenvalue weighted by atomic mass is 32.2. The van der Waals surface area contributed by atoms with Crippen LogP contribution in [-0.4, -0.2) is 35.0 Å². The third-order valence-electron chi connectivity index (χ3n) is 5.74. The van der Waals surface area contributed by atoms with Gasteiger partial charge in [-0.3, -0.25) is 9.69 Å². The maximum atomic E-state index is 13.1. The number of carbonyl (C=O) groups excluding carboxylic acids is 1. The molecule has 1 fully saturated rings. The van der Waals surface area contributed by atoms with Gasteiger partial charge in [-0.25, -0.2) is 4.79 Å². The van der Waals surface area contributed by atoms with Crippen molar-refractivity contribution in [3.8, 4) is 11.5 Å². The van der Waals surface area contributed by atoms with E-state index in [1.54, 1.807) is 32.2 Å². The number of amides is 1. The Morgan fingerprint density at radius 1 is 1.09 bits per heavy atom. The summed E-state index contributed by atoms with van der Waals surface area (Å²) < 4.78 is 11.8. The van der Waals surface area contributed by atoms with Gasteiger partial charge in [-0.15, -0.1) is 0 Å². The Labute approximate surface area is 216 Å². The number of hydrogen-bond acceptors (Lipinski definition) is 6. The lowest BCUT2D eigenvalue weighted by atomic mass is 10.1. The minimum absolute atomic E-state index is 0.141. The SMILES string of the molecule is CCCCCCCCOc1ccc(C=C2SC(=S)N(c3ccc(C)c(C(=O)O)c3)C2=O)cc1OC. The van der Waals surface area contributed by atoms with Crippen molar-refractivity contribution in [2.24, 2.45) is 0 Å². The number of thiocarbonyl (C=S) groups is 1. The predicted octanol–water partition coefficient (Wildman–Crippen LogP) is 6.85. The van der Waals surface area contributed by atoms with Crippen molar-refractivity contribution in [2.45, 2.75) is 52.4 Å². The number of rotatable bonds is 12. The molecule has 1 amide bonds. The first-order valence-corrected chi connectivity index (χ1v) is 13.0. The molecule has 1 heterocycles. The van der Waals surface area contributed by atoms with E-state index in [2.05, 4.69) is 6.92 Å². The molecule has 186 valence electrons. The van der Waals surface area contributed by atoms with Crippen LogP contribution in [0.1, 0.15) is 66.9 Å². The zero-order valence-electron chi connectivity index (χ0n) is 20.3. The van der Waals surface area contributed by atoms with Gasteiger partial charge in [0.15, 0.2) is 15.8 Å². The molecule has 0 aromatic heterocycles. The van der Waals surface area contributed by atoms with Crippen molar-refractivity contribution in [2.75, 3.05) is 18.6 Å². The van der Waals surface area contributed by atoms with Crippen LogP contribution in [0.2, 0.25) is 0 Å². The second-order valence-electron chi connectivity index (χ2n) is 8.35. The number of aryl methyl sites for hydroxylation is 1. The first-order chi connectivity index (χ1) is 16.8. The molecule has 1 saturated heterocycles. The molecule has 1 aliphatic rings. The fraction of sp³-hybridized carbons (Fsp3) is 0.370. The molecule has 3 rings (SSSR count). The van der Waals surface area contributed by atoms with E-state index in [0.717, 1.165) is 18.4 Å². The lowest BCUT2D eigenvalue weighted by Gasteiger charge is -2.16. The van der Waals surface area contributed by atoms with Crippen molar-refractivity contribution < 1.29 is 24.2 Å². The van der Waals surface area contributed by atoms with Gasteiger partial charge in [-0.2, -0.15) is 0 Å². The Hall–Kier alpha value is -2.84. The van der Waals surface area contributed by atoms with E-state index in [9.17, 15) is 14.7 Å². The van der Waals surface area contributed by atoms with Gasteiger partial charge in [-0.05, 0) is 54.8 Å². The van der Waals surface area contributed by atoms with Crippen molar-refractivity contribution >= 4 is 51.9 Å². The molecule has 1 aliphatic heterocycles. The molecule has 0 spiro atoms. The predicted molar refractivity (Wildman–Crippen MR) is 146 cm³/mol. The molecule has 6 nitrogen and oxygen atoms in total. The zero-order valence-corrected chi connectivity index (χ0v) is 22.0. The summed E-state index contributed by atoms with van der Waals surface area (Å²) in [5.41, 5.74) is 1.98. The van der Waals surface area contributed by atoms with Gasteiger partial charge in [0.1, 0.15) is 0 Å². The third-order valence-corrected chi connectivity index (χ3v) is 7.05. The summed E-state index contributed by atoms with van der Waals surface area (Å²) in [4.78, 5) is 26.5. The summed E-state index contributed by atoms with van der Waals surface area (Å²) in [6.07, 6.45) is 8.92. The maximum absolute atomic E-state index is 13.1. The van der Waals surface area contributed by atoms with Crippen LogP contribution in [0, 0.1) is 6.92 Å². The standard InChI is InChI=1S/C27H31NO5S2/c1-4-5-6-7-8-9-14-33-22-13-11-19(15-23(22)32-3)16-24-25(29)28(27(34)35-24)20-12-10-18(2)21(17-20)26(30)31/h10-13,15-17H,4-9,14H2,1-3H3,(H,30,31). The van der Waals surface area contributed by atoms with E-state index >= 15 is 0 Å². The number of ether oxygens (including phenoxy) is 2. The maximum Gasteiger partial charge on any atom is 0.336 e. The Morgan fingerprint density at radius 3 is 2.54 bits per heavy atom. The average molecular weight is 514 g/mol. The highest BCUT2D eigenvalue weighted by Crippen LogP contribution is 2.37. The van der Waals surface area contributed by atoms with E-state index in [-0.39, 0.29) is 11.5 Å². The Balaban J connectivity index is 1.70. The van der Waals surface area contributed by atoms with Crippen LogP contribution in [0.15, 0.2) is 41.3 Å². The topological polar surface area (TPSA) is 76.1 Å². The zero-order chi connectivity index (χ0) is 25.4. The van der Waals surface area contributed by atoms with Gasteiger partial charge < -0.3 is 14.6 Å². The van der Waals surface area contributed by atoms with Crippen LogP contribution >= 0.6 is 24.0 Å². The molecule has 0 unspecified atom stereocenters. The molecular formula is C27H31NO5S2. The molecule has 0 atom stereocenters. The smallest absolute Gasteiger partial charge is 0.336 e. The number of carboxylic acid groups (broad SMARTS) is 1. The second-order valence-corrected chi connectivity index (χ2v) is 10.0. The number of carboxylic acids is 1. The van der Waals surface area contributed by atoms with Crippen molar-refractivity contribution in [1.82, 2.24) is 0 Å².